The van der Waals surface area contributed by atoms with E-state index in [4.69, 9.17) is 11.6 Å². The smallest absolute Gasteiger partial charge is 0.233 e. The summed E-state index contributed by atoms with van der Waals surface area (Å²) in [6.07, 6.45) is 0. The highest BCUT2D eigenvalue weighted by Crippen LogP contribution is 2.28. The maximum atomic E-state index is 12.9. The number of carbonyl (C=O) groups is 1. The number of benzene rings is 1. The first kappa shape index (κ1) is 19.1. The molecule has 0 atom stereocenters. The van der Waals surface area contributed by atoms with E-state index in [1.54, 1.807) is 24.1 Å². The van der Waals surface area contributed by atoms with Gasteiger partial charge in [-0.05, 0) is 36.4 Å². The molecule has 3 aromatic rings. The SMILES string of the molecule is CN(Cc1ccc(Cl)s1)C(=O)CSc1nnc(Nc2ccc(F)cc2)s1. The van der Waals surface area contributed by atoms with E-state index in [2.05, 4.69) is 15.5 Å². The van der Waals surface area contributed by atoms with Crippen LogP contribution in [-0.2, 0) is 11.3 Å². The molecule has 26 heavy (non-hydrogen) atoms. The van der Waals surface area contributed by atoms with Crippen LogP contribution in [0.5, 0.6) is 0 Å². The van der Waals surface area contributed by atoms with Gasteiger partial charge in [0.15, 0.2) is 4.34 Å². The highest BCUT2D eigenvalue weighted by molar-refractivity contribution is 8.01. The molecular weight excluding hydrogens is 415 g/mol. The molecule has 1 aromatic carbocycles. The van der Waals surface area contributed by atoms with Crippen molar-refractivity contribution in [2.24, 2.45) is 0 Å². The van der Waals surface area contributed by atoms with E-state index < -0.39 is 0 Å². The summed E-state index contributed by atoms with van der Waals surface area (Å²) in [6.45, 7) is 0.532. The molecule has 0 unspecified atom stereocenters. The lowest BCUT2D eigenvalue weighted by molar-refractivity contribution is -0.127. The minimum Gasteiger partial charge on any atom is -0.340 e. The van der Waals surface area contributed by atoms with Crippen LogP contribution in [0.2, 0.25) is 4.34 Å². The maximum absolute atomic E-state index is 12.9. The van der Waals surface area contributed by atoms with Gasteiger partial charge in [-0.25, -0.2) is 4.39 Å². The van der Waals surface area contributed by atoms with Gasteiger partial charge >= 0.3 is 0 Å². The second-order valence-electron chi connectivity index (χ2n) is 5.25. The van der Waals surface area contributed by atoms with Crippen LogP contribution in [0.25, 0.3) is 0 Å². The Morgan fingerprint density at radius 1 is 1.23 bits per heavy atom. The van der Waals surface area contributed by atoms with Crippen LogP contribution in [0, 0.1) is 5.82 Å². The number of thiophene rings is 1. The molecule has 0 aliphatic carbocycles. The van der Waals surface area contributed by atoms with E-state index >= 15 is 0 Å². The van der Waals surface area contributed by atoms with Crippen LogP contribution < -0.4 is 5.32 Å². The fourth-order valence-electron chi connectivity index (χ4n) is 1.97. The number of hydrogen-bond donors (Lipinski definition) is 1. The van der Waals surface area contributed by atoms with Gasteiger partial charge in [0.2, 0.25) is 11.0 Å². The topological polar surface area (TPSA) is 58.1 Å². The number of anilines is 2. The number of amides is 1. The van der Waals surface area contributed by atoms with E-state index in [0.717, 1.165) is 10.6 Å². The molecule has 10 heteroatoms. The zero-order chi connectivity index (χ0) is 18.5. The minimum atomic E-state index is -0.295. The van der Waals surface area contributed by atoms with Crippen LogP contribution in [0.3, 0.4) is 0 Å². The molecule has 0 bridgehead atoms. The van der Waals surface area contributed by atoms with Crippen LogP contribution in [0.4, 0.5) is 15.2 Å². The maximum Gasteiger partial charge on any atom is 0.233 e. The van der Waals surface area contributed by atoms with Crippen molar-refractivity contribution in [3.63, 3.8) is 0 Å². The highest BCUT2D eigenvalue weighted by atomic mass is 35.5. The van der Waals surface area contributed by atoms with Crippen molar-refractivity contribution < 1.29 is 9.18 Å². The molecule has 0 saturated heterocycles. The normalized spacial score (nSPS) is 10.7. The first-order valence-electron chi connectivity index (χ1n) is 7.46. The third-order valence-electron chi connectivity index (χ3n) is 3.27. The number of hydrogen-bond acceptors (Lipinski definition) is 7. The molecular formula is C16H14ClFN4OS3. The summed E-state index contributed by atoms with van der Waals surface area (Å²) in [6, 6.07) is 9.73. The molecule has 2 aromatic heterocycles. The number of aromatic nitrogens is 2. The van der Waals surface area contributed by atoms with Crippen LogP contribution in [0.15, 0.2) is 40.7 Å². The summed E-state index contributed by atoms with van der Waals surface area (Å²) in [7, 11) is 1.76. The Labute approximate surface area is 167 Å². The van der Waals surface area contributed by atoms with E-state index in [1.165, 1.54) is 46.6 Å². The van der Waals surface area contributed by atoms with E-state index in [-0.39, 0.29) is 17.5 Å². The Morgan fingerprint density at radius 2 is 2.00 bits per heavy atom. The lowest BCUT2D eigenvalue weighted by Crippen LogP contribution is -2.27. The zero-order valence-corrected chi connectivity index (χ0v) is 16.8. The number of nitrogens with zero attached hydrogens (tertiary/aromatic N) is 3. The summed E-state index contributed by atoms with van der Waals surface area (Å²) >= 11 is 10.1. The summed E-state index contributed by atoms with van der Waals surface area (Å²) < 4.78 is 14.3. The first-order valence-corrected chi connectivity index (χ1v) is 10.5. The Hall–Kier alpha value is -1.68. The average molecular weight is 429 g/mol. The number of nitrogens with one attached hydrogen (secondary N) is 1. The van der Waals surface area contributed by atoms with Gasteiger partial charge in [0.05, 0.1) is 16.6 Å². The van der Waals surface area contributed by atoms with Gasteiger partial charge in [-0.1, -0.05) is 34.7 Å². The second-order valence-corrected chi connectivity index (χ2v) is 9.25. The first-order chi connectivity index (χ1) is 12.5. The molecule has 5 nitrogen and oxygen atoms in total. The Kier molecular flexibility index (Phi) is 6.47. The van der Waals surface area contributed by atoms with Crippen molar-refractivity contribution in [3.05, 3.63) is 51.4 Å². The predicted octanol–water partition coefficient (Wildman–Crippen LogP) is 4.89. The van der Waals surface area contributed by atoms with Gasteiger partial charge in [-0.15, -0.1) is 21.5 Å². The Bertz CT molecular complexity index is 884. The van der Waals surface area contributed by atoms with Crippen LogP contribution >= 0.6 is 46.0 Å². The number of carbonyl (C=O) groups excluding carboxylic acids is 1. The lowest BCUT2D eigenvalue weighted by atomic mass is 10.3. The van der Waals surface area contributed by atoms with Crippen molar-refractivity contribution >= 4 is 62.8 Å². The average Bonchev–Trinajstić information content (AvgIpc) is 3.23. The fraction of sp³-hybridized carbons (Fsp3) is 0.188. The van der Waals surface area contributed by atoms with E-state index in [0.29, 0.717) is 20.4 Å². The molecule has 1 N–H and O–H groups in total. The highest BCUT2D eigenvalue weighted by Gasteiger charge is 2.13. The zero-order valence-electron chi connectivity index (χ0n) is 13.6. The van der Waals surface area contributed by atoms with Gasteiger partial charge in [-0.3, -0.25) is 4.79 Å². The molecule has 0 saturated carbocycles. The number of halogens is 2. The molecule has 0 aliphatic rings. The standard InChI is InChI=1S/C16H14ClFN4OS3/c1-22(8-12-6-7-13(17)25-12)14(23)9-24-16-21-20-15(26-16)19-11-4-2-10(18)3-5-11/h2-7H,8-9H2,1H3,(H,19,20). The molecule has 3 rings (SSSR count). The molecule has 0 fully saturated rings. The van der Waals surface area contributed by atoms with Gasteiger partial charge in [-0.2, -0.15) is 0 Å². The molecule has 0 radical (unpaired) electrons. The van der Waals surface area contributed by atoms with Crippen LogP contribution in [0.1, 0.15) is 4.88 Å². The third-order valence-corrected chi connectivity index (χ3v) is 6.44. The minimum absolute atomic E-state index is 0.00256. The summed E-state index contributed by atoms with van der Waals surface area (Å²) in [4.78, 5) is 14.9. The van der Waals surface area contributed by atoms with Crippen molar-refractivity contribution in [2.75, 3.05) is 18.1 Å². The molecule has 2 heterocycles. The van der Waals surface area contributed by atoms with Crippen molar-refractivity contribution in [3.8, 4) is 0 Å². The van der Waals surface area contributed by atoms with E-state index in [1.807, 2.05) is 12.1 Å². The van der Waals surface area contributed by atoms with Crippen molar-refractivity contribution in [1.29, 1.82) is 0 Å². The number of rotatable bonds is 7. The lowest BCUT2D eigenvalue weighted by Gasteiger charge is -2.15. The third kappa shape index (κ3) is 5.41. The number of thioether (sulfide) groups is 1. The van der Waals surface area contributed by atoms with Crippen molar-refractivity contribution in [2.45, 2.75) is 10.9 Å². The summed E-state index contributed by atoms with van der Waals surface area (Å²) in [5, 5.41) is 11.7. The monoisotopic (exact) mass is 428 g/mol. The largest absolute Gasteiger partial charge is 0.340 e. The Balaban J connectivity index is 1.49. The van der Waals surface area contributed by atoms with Crippen molar-refractivity contribution in [1.82, 2.24) is 15.1 Å². The molecule has 0 aliphatic heterocycles. The molecule has 136 valence electrons. The summed E-state index contributed by atoms with van der Waals surface area (Å²) in [5.41, 5.74) is 0.726. The van der Waals surface area contributed by atoms with Gasteiger partial charge in [0.1, 0.15) is 5.82 Å². The molecule has 1 amide bonds. The second kappa shape index (κ2) is 8.81. The fourth-order valence-corrected chi connectivity index (χ4v) is 4.82. The predicted molar refractivity (Wildman–Crippen MR) is 106 cm³/mol. The van der Waals surface area contributed by atoms with E-state index in [9.17, 15) is 9.18 Å². The van der Waals surface area contributed by atoms with Gasteiger partial charge < -0.3 is 10.2 Å². The molecule has 0 spiro atoms. The quantitative estimate of drug-likeness (QED) is 0.543. The van der Waals surface area contributed by atoms with Crippen LogP contribution in [-0.4, -0.2) is 33.8 Å². The Morgan fingerprint density at radius 3 is 2.69 bits per heavy atom. The van der Waals surface area contributed by atoms with Gasteiger partial charge in [0.25, 0.3) is 0 Å². The summed E-state index contributed by atoms with van der Waals surface area (Å²) in [5.74, 6) is -0.0138. The van der Waals surface area contributed by atoms with Gasteiger partial charge in [0, 0.05) is 17.6 Å².